The molecule has 0 aromatic carbocycles. The average molecular weight is 152 g/mol. The summed E-state index contributed by atoms with van der Waals surface area (Å²) in [5.41, 5.74) is 0. The molecular weight excluding hydrogens is 140 g/mol. The quantitative estimate of drug-likeness (QED) is 0.603. The van der Waals surface area contributed by atoms with Gasteiger partial charge in [-0.2, -0.15) is 0 Å². The third-order valence-corrected chi connectivity index (χ3v) is 1.46. The molecule has 60 valence electrons. The average Bonchev–Trinajstić information content (AvgIpc) is 2.13. The Morgan fingerprint density at radius 3 is 2.82 bits per heavy atom. The smallest absolute Gasteiger partial charge is 0.252 e. The van der Waals surface area contributed by atoms with Crippen LogP contribution in [0.3, 0.4) is 0 Å². The molecule has 0 saturated carbocycles. The van der Waals surface area contributed by atoms with Crippen molar-refractivity contribution in [3.63, 3.8) is 0 Å². The monoisotopic (exact) mass is 152 g/mol. The highest BCUT2D eigenvalue weighted by Gasteiger charge is 2.11. The van der Waals surface area contributed by atoms with E-state index in [1.807, 2.05) is 13.8 Å². The summed E-state index contributed by atoms with van der Waals surface area (Å²) in [6.45, 7) is 3.95. The van der Waals surface area contributed by atoms with Crippen molar-refractivity contribution in [1.29, 1.82) is 0 Å². The van der Waals surface area contributed by atoms with Crippen molar-refractivity contribution in [3.05, 3.63) is 24.7 Å². The lowest BCUT2D eigenvalue weighted by Gasteiger charge is -2.19. The third-order valence-electron chi connectivity index (χ3n) is 1.46. The van der Waals surface area contributed by atoms with Crippen molar-refractivity contribution in [1.82, 2.24) is 10.2 Å². The predicted octanol–water partition coefficient (Wildman–Crippen LogP) is 0.811. The van der Waals surface area contributed by atoms with Crippen LogP contribution in [0.1, 0.15) is 13.8 Å². The summed E-state index contributed by atoms with van der Waals surface area (Å²) in [7, 11) is 0. The second-order valence-electron chi connectivity index (χ2n) is 2.65. The molecule has 1 N–H and O–H groups in total. The van der Waals surface area contributed by atoms with Crippen molar-refractivity contribution in [2.45, 2.75) is 19.9 Å². The van der Waals surface area contributed by atoms with Gasteiger partial charge < -0.3 is 10.2 Å². The molecule has 0 saturated heterocycles. The standard InChI is InChI=1S/C8H12N2O/c1-7(2)10-6-5-9-4-3-8(10)11/h3-7,9H,1-2H3. The maximum Gasteiger partial charge on any atom is 0.252 e. The summed E-state index contributed by atoms with van der Waals surface area (Å²) in [5.74, 6) is 0.0150. The van der Waals surface area contributed by atoms with E-state index in [9.17, 15) is 4.79 Å². The number of nitrogens with one attached hydrogen (secondary N) is 1. The number of rotatable bonds is 1. The van der Waals surface area contributed by atoms with Gasteiger partial charge in [-0.05, 0) is 13.8 Å². The summed E-state index contributed by atoms with van der Waals surface area (Å²) in [5, 5.41) is 2.84. The van der Waals surface area contributed by atoms with Gasteiger partial charge in [-0.15, -0.1) is 0 Å². The summed E-state index contributed by atoms with van der Waals surface area (Å²) in [6, 6.07) is 0.211. The van der Waals surface area contributed by atoms with Crippen LogP contribution in [0, 0.1) is 0 Å². The molecule has 3 nitrogen and oxygen atoms in total. The van der Waals surface area contributed by atoms with Crippen LogP contribution in [-0.4, -0.2) is 16.8 Å². The second kappa shape index (κ2) is 3.23. The van der Waals surface area contributed by atoms with E-state index in [4.69, 9.17) is 0 Å². The van der Waals surface area contributed by atoms with Crippen LogP contribution in [-0.2, 0) is 4.79 Å². The largest absolute Gasteiger partial charge is 0.366 e. The first-order valence-electron chi connectivity index (χ1n) is 3.63. The van der Waals surface area contributed by atoms with Gasteiger partial charge in [0.2, 0.25) is 0 Å². The van der Waals surface area contributed by atoms with E-state index in [1.54, 1.807) is 23.5 Å². The Bertz CT molecular complexity index is 206. The van der Waals surface area contributed by atoms with E-state index in [0.717, 1.165) is 0 Å². The van der Waals surface area contributed by atoms with E-state index >= 15 is 0 Å². The van der Waals surface area contributed by atoms with Crippen molar-refractivity contribution in [2.24, 2.45) is 0 Å². The Morgan fingerprint density at radius 2 is 2.18 bits per heavy atom. The van der Waals surface area contributed by atoms with Crippen LogP contribution in [0.25, 0.3) is 0 Å². The van der Waals surface area contributed by atoms with Crippen LogP contribution >= 0.6 is 0 Å². The Balaban J connectivity index is 2.76. The molecule has 1 heterocycles. The van der Waals surface area contributed by atoms with Crippen molar-refractivity contribution in [3.8, 4) is 0 Å². The molecular formula is C8H12N2O. The molecule has 1 aliphatic heterocycles. The van der Waals surface area contributed by atoms with E-state index < -0.39 is 0 Å². The lowest BCUT2D eigenvalue weighted by molar-refractivity contribution is -0.124. The van der Waals surface area contributed by atoms with Gasteiger partial charge in [0.15, 0.2) is 0 Å². The zero-order valence-electron chi connectivity index (χ0n) is 6.74. The predicted molar refractivity (Wildman–Crippen MR) is 43.4 cm³/mol. The van der Waals surface area contributed by atoms with Crippen molar-refractivity contribution >= 4 is 5.91 Å². The minimum absolute atomic E-state index is 0.0150. The number of amides is 1. The maximum absolute atomic E-state index is 11.2. The van der Waals surface area contributed by atoms with Gasteiger partial charge in [0.25, 0.3) is 5.91 Å². The fraction of sp³-hybridized carbons (Fsp3) is 0.375. The first-order valence-corrected chi connectivity index (χ1v) is 3.63. The number of hydrogen-bond acceptors (Lipinski definition) is 2. The topological polar surface area (TPSA) is 32.3 Å². The first kappa shape index (κ1) is 7.85. The number of hydrogen-bond donors (Lipinski definition) is 1. The van der Waals surface area contributed by atoms with Gasteiger partial charge in [0.1, 0.15) is 0 Å². The summed E-state index contributed by atoms with van der Waals surface area (Å²) < 4.78 is 0. The molecule has 1 amide bonds. The molecule has 1 rings (SSSR count). The Kier molecular flexibility index (Phi) is 2.31. The highest BCUT2D eigenvalue weighted by molar-refractivity contribution is 5.88. The van der Waals surface area contributed by atoms with Gasteiger partial charge in [0, 0.05) is 30.7 Å². The highest BCUT2D eigenvalue weighted by atomic mass is 16.2. The second-order valence-corrected chi connectivity index (χ2v) is 2.65. The minimum atomic E-state index is 0.0150. The van der Waals surface area contributed by atoms with E-state index in [2.05, 4.69) is 5.32 Å². The normalized spacial score (nSPS) is 17.0. The van der Waals surface area contributed by atoms with E-state index in [-0.39, 0.29) is 11.9 Å². The fourth-order valence-electron chi connectivity index (χ4n) is 0.884. The first-order chi connectivity index (χ1) is 5.22. The Morgan fingerprint density at radius 1 is 1.45 bits per heavy atom. The zero-order chi connectivity index (χ0) is 8.27. The number of nitrogens with zero attached hydrogens (tertiary/aromatic N) is 1. The lowest BCUT2D eigenvalue weighted by Crippen LogP contribution is -2.30. The van der Waals surface area contributed by atoms with Crippen LogP contribution < -0.4 is 5.32 Å². The Labute approximate surface area is 66.4 Å². The van der Waals surface area contributed by atoms with Gasteiger partial charge in [0.05, 0.1) is 0 Å². The van der Waals surface area contributed by atoms with Crippen LogP contribution in [0.15, 0.2) is 24.7 Å². The van der Waals surface area contributed by atoms with Crippen molar-refractivity contribution in [2.75, 3.05) is 0 Å². The van der Waals surface area contributed by atoms with Gasteiger partial charge in [-0.25, -0.2) is 0 Å². The van der Waals surface area contributed by atoms with Crippen LogP contribution in [0.4, 0.5) is 0 Å². The summed E-state index contributed by atoms with van der Waals surface area (Å²) in [6.07, 6.45) is 6.62. The van der Waals surface area contributed by atoms with Gasteiger partial charge in [-0.1, -0.05) is 0 Å². The molecule has 0 aromatic heterocycles. The molecule has 0 bridgehead atoms. The molecule has 0 unspecified atom stereocenters. The molecule has 0 spiro atoms. The van der Waals surface area contributed by atoms with E-state index in [0.29, 0.717) is 0 Å². The number of carbonyl (C=O) groups is 1. The molecule has 0 aliphatic carbocycles. The third kappa shape index (κ3) is 1.83. The molecule has 0 radical (unpaired) electrons. The molecule has 0 atom stereocenters. The van der Waals surface area contributed by atoms with Gasteiger partial charge in [-0.3, -0.25) is 4.79 Å². The molecule has 1 aliphatic rings. The van der Waals surface area contributed by atoms with Crippen LogP contribution in [0.5, 0.6) is 0 Å². The molecule has 11 heavy (non-hydrogen) atoms. The summed E-state index contributed by atoms with van der Waals surface area (Å²) >= 11 is 0. The highest BCUT2D eigenvalue weighted by Crippen LogP contribution is 2.02. The maximum atomic E-state index is 11.2. The Hall–Kier alpha value is -1.25. The number of carbonyl (C=O) groups excluding carboxylic acids is 1. The molecule has 3 heteroatoms. The van der Waals surface area contributed by atoms with Crippen LogP contribution in [0.2, 0.25) is 0 Å². The van der Waals surface area contributed by atoms with Gasteiger partial charge >= 0.3 is 0 Å². The van der Waals surface area contributed by atoms with E-state index in [1.165, 1.54) is 6.08 Å². The SMILES string of the molecule is CC(C)N1C=CNC=CC1=O. The molecule has 0 aromatic rings. The molecule has 0 fully saturated rings. The van der Waals surface area contributed by atoms with Crippen molar-refractivity contribution < 1.29 is 4.79 Å². The summed E-state index contributed by atoms with van der Waals surface area (Å²) in [4.78, 5) is 12.9. The lowest BCUT2D eigenvalue weighted by atomic mass is 10.3. The zero-order valence-corrected chi connectivity index (χ0v) is 6.74. The minimum Gasteiger partial charge on any atom is -0.366 e. The fourth-order valence-corrected chi connectivity index (χ4v) is 0.884.